The summed E-state index contributed by atoms with van der Waals surface area (Å²) in [6, 6.07) is 8.83. The summed E-state index contributed by atoms with van der Waals surface area (Å²) in [5.74, 6) is 1.62. The molecule has 0 aliphatic heterocycles. The molecule has 0 spiro atoms. The maximum atomic E-state index is 10.3. The van der Waals surface area contributed by atoms with E-state index in [0.29, 0.717) is 6.61 Å². The van der Waals surface area contributed by atoms with Crippen LogP contribution in [0, 0.1) is 19.3 Å². The van der Waals surface area contributed by atoms with Gasteiger partial charge in [-0.1, -0.05) is 46.8 Å². The van der Waals surface area contributed by atoms with E-state index in [2.05, 4.69) is 72.6 Å². The van der Waals surface area contributed by atoms with Crippen LogP contribution in [0.5, 0.6) is 5.75 Å². The summed E-state index contributed by atoms with van der Waals surface area (Å²) in [7, 11) is 0. The standard InChI is InChI=1S/C25H36N4O2S/c1-8-25(9-2,22-13-17(4)20(32-22)14-23-26-28-29-27-23)18-10-11-19(16(3)12-18)31-15-21(30)24(5,6)7/h10-13,21,30H,8-9,14-15H2,1-7H3,(H,26,27,28,29). The highest BCUT2D eigenvalue weighted by Crippen LogP contribution is 2.44. The lowest BCUT2D eigenvalue weighted by molar-refractivity contribution is 0.0216. The molecular formula is C25H36N4O2S. The Kier molecular flexibility index (Phi) is 7.40. The van der Waals surface area contributed by atoms with Gasteiger partial charge in [-0.25, -0.2) is 5.10 Å². The smallest absolute Gasteiger partial charge is 0.153 e. The van der Waals surface area contributed by atoms with Gasteiger partial charge in [-0.2, -0.15) is 0 Å². The van der Waals surface area contributed by atoms with Crippen molar-refractivity contribution in [3.63, 3.8) is 0 Å². The molecule has 0 fully saturated rings. The second kappa shape index (κ2) is 9.71. The van der Waals surface area contributed by atoms with Crippen LogP contribution in [-0.2, 0) is 11.8 Å². The van der Waals surface area contributed by atoms with Crippen LogP contribution in [0.2, 0.25) is 0 Å². The van der Waals surface area contributed by atoms with E-state index in [1.807, 2.05) is 32.1 Å². The zero-order valence-electron chi connectivity index (χ0n) is 20.3. The van der Waals surface area contributed by atoms with Crippen molar-refractivity contribution in [1.82, 2.24) is 20.6 Å². The summed E-state index contributed by atoms with van der Waals surface area (Å²) in [6.07, 6.45) is 2.22. The van der Waals surface area contributed by atoms with Crippen molar-refractivity contribution < 1.29 is 9.84 Å². The minimum Gasteiger partial charge on any atom is -0.491 e. The molecule has 1 atom stereocenters. The topological polar surface area (TPSA) is 83.9 Å². The number of aromatic amines is 1. The molecule has 0 saturated heterocycles. The minimum absolute atomic E-state index is 0.0540. The quantitative estimate of drug-likeness (QED) is 0.453. The van der Waals surface area contributed by atoms with Crippen molar-refractivity contribution in [2.45, 2.75) is 79.2 Å². The maximum Gasteiger partial charge on any atom is 0.153 e. The van der Waals surface area contributed by atoms with Gasteiger partial charge >= 0.3 is 0 Å². The third-order valence-electron chi connectivity index (χ3n) is 6.54. The predicted octanol–water partition coefficient (Wildman–Crippen LogP) is 5.36. The summed E-state index contributed by atoms with van der Waals surface area (Å²) in [5, 5.41) is 24.6. The van der Waals surface area contributed by atoms with E-state index in [1.54, 1.807) is 0 Å². The average molecular weight is 457 g/mol. The fourth-order valence-electron chi connectivity index (χ4n) is 4.01. The van der Waals surface area contributed by atoms with Gasteiger partial charge < -0.3 is 9.84 Å². The molecule has 0 aliphatic rings. The Morgan fingerprint density at radius 2 is 1.81 bits per heavy atom. The minimum atomic E-state index is -0.515. The third-order valence-corrected chi connectivity index (χ3v) is 7.98. The van der Waals surface area contributed by atoms with Gasteiger partial charge in [0.05, 0.1) is 6.10 Å². The highest BCUT2D eigenvalue weighted by molar-refractivity contribution is 7.12. The highest BCUT2D eigenvalue weighted by Gasteiger charge is 2.33. The lowest BCUT2D eigenvalue weighted by Crippen LogP contribution is -2.32. The molecule has 1 aromatic carbocycles. The molecule has 1 unspecified atom stereocenters. The summed E-state index contributed by atoms with van der Waals surface area (Å²) >= 11 is 1.86. The molecule has 3 aromatic rings. The second-order valence-corrected chi connectivity index (χ2v) is 10.8. The number of aryl methyl sites for hydroxylation is 2. The van der Waals surface area contributed by atoms with Gasteiger partial charge in [-0.3, -0.25) is 0 Å². The predicted molar refractivity (Wildman–Crippen MR) is 130 cm³/mol. The molecule has 174 valence electrons. The monoisotopic (exact) mass is 456 g/mol. The lowest BCUT2D eigenvalue weighted by Gasteiger charge is -2.32. The van der Waals surface area contributed by atoms with Gasteiger partial charge in [0.1, 0.15) is 12.4 Å². The number of rotatable bonds is 9. The van der Waals surface area contributed by atoms with Gasteiger partial charge in [-0.05, 0) is 71.4 Å². The summed E-state index contributed by atoms with van der Waals surface area (Å²) in [6.45, 7) is 15.1. The number of hydrogen-bond donors (Lipinski definition) is 2. The molecule has 7 heteroatoms. The molecule has 0 amide bonds. The number of thiophene rings is 1. The Labute approximate surface area is 195 Å². The molecular weight excluding hydrogens is 420 g/mol. The van der Waals surface area contributed by atoms with Crippen LogP contribution in [-0.4, -0.2) is 38.4 Å². The Morgan fingerprint density at radius 1 is 1.09 bits per heavy atom. The fraction of sp³-hybridized carbons (Fsp3) is 0.560. The lowest BCUT2D eigenvalue weighted by atomic mass is 9.74. The molecule has 0 radical (unpaired) electrons. The maximum absolute atomic E-state index is 10.3. The Balaban J connectivity index is 1.88. The van der Waals surface area contributed by atoms with Gasteiger partial charge in [0.15, 0.2) is 5.82 Å². The van der Waals surface area contributed by atoms with Crippen LogP contribution >= 0.6 is 11.3 Å². The number of aromatic nitrogens is 4. The largest absolute Gasteiger partial charge is 0.491 e. The van der Waals surface area contributed by atoms with Crippen LogP contribution in [0.1, 0.15) is 79.7 Å². The van der Waals surface area contributed by atoms with Crippen molar-refractivity contribution in [2.75, 3.05) is 6.61 Å². The Hall–Kier alpha value is -2.25. The van der Waals surface area contributed by atoms with Crippen molar-refractivity contribution in [3.05, 3.63) is 56.5 Å². The summed E-state index contributed by atoms with van der Waals surface area (Å²) < 4.78 is 5.98. The number of H-pyrrole nitrogens is 1. The number of aliphatic hydroxyl groups is 1. The van der Waals surface area contributed by atoms with E-state index in [-0.39, 0.29) is 10.8 Å². The van der Waals surface area contributed by atoms with Crippen LogP contribution in [0.25, 0.3) is 0 Å². The first kappa shape index (κ1) is 24.4. The fourth-order valence-corrected chi connectivity index (χ4v) is 5.55. The van der Waals surface area contributed by atoms with Crippen LogP contribution in [0.3, 0.4) is 0 Å². The zero-order valence-corrected chi connectivity index (χ0v) is 21.1. The molecule has 0 bridgehead atoms. The van der Waals surface area contributed by atoms with E-state index in [1.165, 1.54) is 20.9 Å². The first-order valence-electron chi connectivity index (χ1n) is 11.3. The summed E-state index contributed by atoms with van der Waals surface area (Å²) in [5.41, 5.74) is 3.42. The third kappa shape index (κ3) is 5.04. The van der Waals surface area contributed by atoms with Crippen LogP contribution in [0.15, 0.2) is 24.3 Å². The first-order valence-corrected chi connectivity index (χ1v) is 12.2. The molecule has 2 heterocycles. The van der Waals surface area contributed by atoms with Crippen LogP contribution < -0.4 is 4.74 Å². The van der Waals surface area contributed by atoms with Crippen molar-refractivity contribution in [3.8, 4) is 5.75 Å². The molecule has 3 rings (SSSR count). The molecule has 2 aromatic heterocycles. The summed E-state index contributed by atoms with van der Waals surface area (Å²) in [4.78, 5) is 2.66. The van der Waals surface area contributed by atoms with Crippen LogP contribution in [0.4, 0.5) is 0 Å². The number of aliphatic hydroxyl groups excluding tert-OH is 1. The number of tetrazole rings is 1. The van der Waals surface area contributed by atoms with Gasteiger partial charge in [0.25, 0.3) is 0 Å². The first-order chi connectivity index (χ1) is 15.1. The highest BCUT2D eigenvalue weighted by atomic mass is 32.1. The molecule has 0 saturated carbocycles. The second-order valence-electron chi connectivity index (χ2n) is 9.70. The average Bonchev–Trinajstić information content (AvgIpc) is 3.38. The molecule has 6 nitrogen and oxygen atoms in total. The Bertz CT molecular complexity index is 1020. The van der Waals surface area contributed by atoms with Crippen molar-refractivity contribution in [1.29, 1.82) is 0 Å². The number of hydrogen-bond acceptors (Lipinski definition) is 6. The van der Waals surface area contributed by atoms with Gasteiger partial charge in [0, 0.05) is 21.6 Å². The van der Waals surface area contributed by atoms with E-state index >= 15 is 0 Å². The Morgan fingerprint density at radius 3 is 2.38 bits per heavy atom. The van der Waals surface area contributed by atoms with Crippen molar-refractivity contribution >= 4 is 11.3 Å². The van der Waals surface area contributed by atoms with Gasteiger partial charge in [0.2, 0.25) is 0 Å². The van der Waals surface area contributed by atoms with Gasteiger partial charge in [-0.15, -0.1) is 16.4 Å². The normalized spacial score (nSPS) is 13.4. The molecule has 2 N–H and O–H groups in total. The van der Waals surface area contributed by atoms with E-state index < -0.39 is 6.10 Å². The molecule has 0 aliphatic carbocycles. The van der Waals surface area contributed by atoms with E-state index in [9.17, 15) is 5.11 Å². The molecule has 32 heavy (non-hydrogen) atoms. The van der Waals surface area contributed by atoms with Crippen molar-refractivity contribution in [2.24, 2.45) is 5.41 Å². The number of ether oxygens (including phenoxy) is 1. The number of benzene rings is 1. The number of nitrogens with zero attached hydrogens (tertiary/aromatic N) is 3. The number of nitrogens with one attached hydrogen (secondary N) is 1. The van der Waals surface area contributed by atoms with E-state index in [0.717, 1.165) is 36.4 Å². The SMILES string of the molecule is CCC(CC)(c1ccc(OCC(O)C(C)(C)C)c(C)c1)c1cc(C)c(Cc2nnn[nH]2)s1. The van der Waals surface area contributed by atoms with E-state index in [4.69, 9.17) is 4.74 Å². The zero-order chi connectivity index (χ0) is 23.5.